The topological polar surface area (TPSA) is 33.0 Å². The van der Waals surface area contributed by atoms with E-state index in [-0.39, 0.29) is 0 Å². The molecule has 3 heteroatoms. The summed E-state index contributed by atoms with van der Waals surface area (Å²) in [5, 5.41) is 8.87. The second-order valence-corrected chi connectivity index (χ2v) is 4.31. The van der Waals surface area contributed by atoms with Gasteiger partial charge in [0.2, 0.25) is 0 Å². The van der Waals surface area contributed by atoms with Crippen LogP contribution in [0.25, 0.3) is 0 Å². The third kappa shape index (κ3) is 4.16. The van der Waals surface area contributed by atoms with Crippen molar-refractivity contribution < 1.29 is 4.74 Å². The molecule has 0 amide bonds. The standard InChI is InChI=1S/C13H17NOS/c1-11(7-9-16)6-8-15-13-5-3-2-4-12(13)10-14/h2-5,11,16H,6-9H2,1H3. The van der Waals surface area contributed by atoms with Crippen molar-refractivity contribution in [2.24, 2.45) is 5.92 Å². The van der Waals surface area contributed by atoms with Gasteiger partial charge >= 0.3 is 0 Å². The van der Waals surface area contributed by atoms with Crippen LogP contribution < -0.4 is 4.74 Å². The summed E-state index contributed by atoms with van der Waals surface area (Å²) in [5.74, 6) is 2.21. The van der Waals surface area contributed by atoms with Crippen LogP contribution in [0.1, 0.15) is 25.3 Å². The van der Waals surface area contributed by atoms with Gasteiger partial charge in [-0.15, -0.1) is 0 Å². The van der Waals surface area contributed by atoms with E-state index in [0.29, 0.717) is 23.8 Å². The lowest BCUT2D eigenvalue weighted by Gasteiger charge is -2.11. The zero-order valence-corrected chi connectivity index (χ0v) is 10.4. The first kappa shape index (κ1) is 12.9. The van der Waals surface area contributed by atoms with Gasteiger partial charge in [0.1, 0.15) is 11.8 Å². The summed E-state index contributed by atoms with van der Waals surface area (Å²) in [7, 11) is 0. The fraction of sp³-hybridized carbons (Fsp3) is 0.462. The highest BCUT2D eigenvalue weighted by atomic mass is 32.1. The van der Waals surface area contributed by atoms with Gasteiger partial charge in [-0.25, -0.2) is 0 Å². The van der Waals surface area contributed by atoms with E-state index >= 15 is 0 Å². The predicted molar refractivity (Wildman–Crippen MR) is 68.9 cm³/mol. The van der Waals surface area contributed by atoms with Crippen molar-refractivity contribution in [2.45, 2.75) is 19.8 Å². The maximum Gasteiger partial charge on any atom is 0.137 e. The van der Waals surface area contributed by atoms with E-state index in [4.69, 9.17) is 10.00 Å². The van der Waals surface area contributed by atoms with Crippen LogP contribution in [0.5, 0.6) is 5.75 Å². The molecule has 0 fully saturated rings. The molecule has 0 aliphatic heterocycles. The molecule has 0 aliphatic rings. The van der Waals surface area contributed by atoms with E-state index in [0.717, 1.165) is 18.6 Å². The van der Waals surface area contributed by atoms with Crippen LogP contribution in [0.4, 0.5) is 0 Å². The molecule has 16 heavy (non-hydrogen) atoms. The van der Waals surface area contributed by atoms with Crippen LogP contribution in [-0.4, -0.2) is 12.4 Å². The van der Waals surface area contributed by atoms with Gasteiger partial charge in [0.25, 0.3) is 0 Å². The Kier molecular flexibility index (Phi) is 5.81. The van der Waals surface area contributed by atoms with Crippen molar-refractivity contribution in [2.75, 3.05) is 12.4 Å². The minimum absolute atomic E-state index is 0.601. The molecule has 0 aromatic heterocycles. The molecule has 0 aliphatic carbocycles. The van der Waals surface area contributed by atoms with Gasteiger partial charge in [0, 0.05) is 0 Å². The summed E-state index contributed by atoms with van der Waals surface area (Å²) in [6.45, 7) is 2.85. The van der Waals surface area contributed by atoms with E-state index < -0.39 is 0 Å². The molecule has 86 valence electrons. The molecule has 1 unspecified atom stereocenters. The fourth-order valence-corrected chi connectivity index (χ4v) is 1.86. The fourth-order valence-electron chi connectivity index (χ4n) is 1.42. The second-order valence-electron chi connectivity index (χ2n) is 3.86. The molecule has 1 atom stereocenters. The Hall–Kier alpha value is -1.14. The van der Waals surface area contributed by atoms with Gasteiger partial charge in [0.05, 0.1) is 12.2 Å². The van der Waals surface area contributed by atoms with Crippen LogP contribution >= 0.6 is 12.6 Å². The van der Waals surface area contributed by atoms with Gasteiger partial charge in [0.15, 0.2) is 0 Å². The van der Waals surface area contributed by atoms with Crippen molar-refractivity contribution in [3.05, 3.63) is 29.8 Å². The number of hydrogen-bond acceptors (Lipinski definition) is 3. The van der Waals surface area contributed by atoms with E-state index in [1.807, 2.05) is 18.2 Å². The van der Waals surface area contributed by atoms with E-state index in [1.54, 1.807) is 6.07 Å². The number of rotatable bonds is 6. The van der Waals surface area contributed by atoms with E-state index in [1.165, 1.54) is 0 Å². The minimum Gasteiger partial charge on any atom is -0.492 e. The summed E-state index contributed by atoms with van der Waals surface area (Å²) in [5.41, 5.74) is 0.601. The number of nitrogens with zero attached hydrogens (tertiary/aromatic N) is 1. The van der Waals surface area contributed by atoms with Crippen LogP contribution in [0.3, 0.4) is 0 Å². The highest BCUT2D eigenvalue weighted by molar-refractivity contribution is 7.80. The van der Waals surface area contributed by atoms with Crippen LogP contribution in [-0.2, 0) is 0 Å². The first-order valence-corrected chi connectivity index (χ1v) is 6.14. The zero-order valence-electron chi connectivity index (χ0n) is 9.52. The lowest BCUT2D eigenvalue weighted by atomic mass is 10.1. The number of nitriles is 1. The Morgan fingerprint density at radius 1 is 1.38 bits per heavy atom. The Morgan fingerprint density at radius 2 is 2.12 bits per heavy atom. The minimum atomic E-state index is 0.601. The molecule has 1 rings (SSSR count). The number of ether oxygens (including phenoxy) is 1. The smallest absolute Gasteiger partial charge is 0.137 e. The second kappa shape index (κ2) is 7.19. The Labute approximate surface area is 103 Å². The molecule has 0 N–H and O–H groups in total. The molecule has 1 aromatic carbocycles. The SMILES string of the molecule is CC(CCS)CCOc1ccccc1C#N. The van der Waals surface area contributed by atoms with Crippen molar-refractivity contribution in [3.8, 4) is 11.8 Å². The van der Waals surface area contributed by atoms with Crippen LogP contribution in [0, 0.1) is 17.2 Å². The van der Waals surface area contributed by atoms with Crippen molar-refractivity contribution in [1.29, 1.82) is 5.26 Å². The molecule has 0 bridgehead atoms. The lowest BCUT2D eigenvalue weighted by Crippen LogP contribution is -2.05. The monoisotopic (exact) mass is 235 g/mol. The molecular weight excluding hydrogens is 218 g/mol. The van der Waals surface area contributed by atoms with Crippen LogP contribution in [0.2, 0.25) is 0 Å². The molecule has 0 saturated carbocycles. The molecule has 0 heterocycles. The molecule has 0 spiro atoms. The van der Waals surface area contributed by atoms with Gasteiger partial charge in [-0.05, 0) is 36.6 Å². The normalized spacial score (nSPS) is 11.8. The number of hydrogen-bond donors (Lipinski definition) is 1. The number of thiol groups is 1. The summed E-state index contributed by atoms with van der Waals surface area (Å²) < 4.78 is 5.60. The Balaban J connectivity index is 2.40. The number of benzene rings is 1. The molecule has 1 aromatic rings. The van der Waals surface area contributed by atoms with E-state index in [9.17, 15) is 0 Å². The Bertz CT molecular complexity index is 359. The average molecular weight is 235 g/mol. The third-order valence-electron chi connectivity index (χ3n) is 2.50. The molecule has 0 radical (unpaired) electrons. The van der Waals surface area contributed by atoms with Crippen molar-refractivity contribution in [3.63, 3.8) is 0 Å². The third-order valence-corrected chi connectivity index (χ3v) is 2.76. The molecule has 2 nitrogen and oxygen atoms in total. The Morgan fingerprint density at radius 3 is 2.81 bits per heavy atom. The summed E-state index contributed by atoms with van der Waals surface area (Å²) in [6.07, 6.45) is 2.10. The largest absolute Gasteiger partial charge is 0.492 e. The van der Waals surface area contributed by atoms with Crippen LogP contribution in [0.15, 0.2) is 24.3 Å². The van der Waals surface area contributed by atoms with Crippen molar-refractivity contribution >= 4 is 12.6 Å². The first-order chi connectivity index (χ1) is 7.77. The molecular formula is C13H17NOS. The molecule has 0 saturated heterocycles. The average Bonchev–Trinajstić information content (AvgIpc) is 2.30. The van der Waals surface area contributed by atoms with Gasteiger partial charge in [-0.1, -0.05) is 19.1 Å². The van der Waals surface area contributed by atoms with Crippen molar-refractivity contribution in [1.82, 2.24) is 0 Å². The predicted octanol–water partition coefficient (Wildman–Crippen LogP) is 3.28. The summed E-state index contributed by atoms with van der Waals surface area (Å²) >= 11 is 4.20. The van der Waals surface area contributed by atoms with Gasteiger partial charge < -0.3 is 4.74 Å². The summed E-state index contributed by atoms with van der Waals surface area (Å²) in [4.78, 5) is 0. The summed E-state index contributed by atoms with van der Waals surface area (Å²) in [6, 6.07) is 9.45. The van der Waals surface area contributed by atoms with E-state index in [2.05, 4.69) is 25.6 Å². The zero-order chi connectivity index (χ0) is 11.8. The van der Waals surface area contributed by atoms with Gasteiger partial charge in [-0.2, -0.15) is 17.9 Å². The first-order valence-electron chi connectivity index (χ1n) is 5.50. The highest BCUT2D eigenvalue weighted by Crippen LogP contribution is 2.17. The lowest BCUT2D eigenvalue weighted by molar-refractivity contribution is 0.281. The van der Waals surface area contributed by atoms with Gasteiger partial charge in [-0.3, -0.25) is 0 Å². The quantitative estimate of drug-likeness (QED) is 0.768. The number of para-hydroxylation sites is 1. The highest BCUT2D eigenvalue weighted by Gasteiger charge is 2.04. The maximum atomic E-state index is 8.87. The maximum absolute atomic E-state index is 8.87.